The van der Waals surface area contributed by atoms with Crippen LogP contribution in [-0.2, 0) is 10.2 Å². The van der Waals surface area contributed by atoms with Crippen LogP contribution < -0.4 is 0 Å². The van der Waals surface area contributed by atoms with Crippen molar-refractivity contribution in [2.24, 2.45) is 0 Å². The third-order valence-electron chi connectivity index (χ3n) is 2.97. The number of aromatic nitrogens is 1. The van der Waals surface area contributed by atoms with Crippen molar-refractivity contribution < 1.29 is 8.42 Å². The van der Waals surface area contributed by atoms with E-state index in [0.29, 0.717) is 13.1 Å². The minimum absolute atomic E-state index is 0.249. The molecule has 0 amide bonds. The third-order valence-corrected chi connectivity index (χ3v) is 5.82. The maximum Gasteiger partial charge on any atom is 0.281 e. The van der Waals surface area contributed by atoms with Crippen molar-refractivity contribution in [3.05, 3.63) is 16.6 Å². The van der Waals surface area contributed by atoms with Gasteiger partial charge >= 0.3 is 0 Å². The quantitative estimate of drug-likeness (QED) is 0.831. The zero-order valence-corrected chi connectivity index (χ0v) is 11.7. The van der Waals surface area contributed by atoms with Crippen LogP contribution in [0, 0.1) is 0 Å². The van der Waals surface area contributed by atoms with Gasteiger partial charge in [-0.25, -0.2) is 4.98 Å². The molecule has 0 radical (unpaired) electrons. The van der Waals surface area contributed by atoms with E-state index in [2.05, 4.69) is 4.98 Å². The first kappa shape index (κ1) is 12.9. The molecule has 1 aliphatic heterocycles. The van der Waals surface area contributed by atoms with Crippen molar-refractivity contribution in [2.75, 3.05) is 27.2 Å². The summed E-state index contributed by atoms with van der Waals surface area (Å²) >= 11 is 1.60. The summed E-state index contributed by atoms with van der Waals surface area (Å²) in [5.41, 5.74) is 0. The van der Waals surface area contributed by atoms with Gasteiger partial charge < -0.3 is 0 Å². The molecule has 0 N–H and O–H groups in total. The van der Waals surface area contributed by atoms with Gasteiger partial charge in [-0.1, -0.05) is 0 Å². The molecule has 7 heteroatoms. The Labute approximate surface area is 106 Å². The van der Waals surface area contributed by atoms with Gasteiger partial charge in [0, 0.05) is 44.7 Å². The van der Waals surface area contributed by atoms with Crippen molar-refractivity contribution in [1.82, 2.24) is 13.6 Å². The number of nitrogens with zero attached hydrogens (tertiary/aromatic N) is 3. The Morgan fingerprint density at radius 1 is 1.53 bits per heavy atom. The highest BCUT2D eigenvalue weighted by molar-refractivity contribution is 7.86. The predicted octanol–water partition coefficient (Wildman–Crippen LogP) is 1.13. The molecule has 0 saturated carbocycles. The van der Waals surface area contributed by atoms with E-state index in [-0.39, 0.29) is 5.92 Å². The van der Waals surface area contributed by atoms with E-state index in [4.69, 9.17) is 0 Å². The van der Waals surface area contributed by atoms with Gasteiger partial charge in [0.1, 0.15) is 0 Å². The molecule has 2 heterocycles. The minimum Gasteiger partial charge on any atom is -0.249 e. The van der Waals surface area contributed by atoms with Crippen LogP contribution in [0.1, 0.15) is 23.8 Å². The average molecular weight is 275 g/mol. The topological polar surface area (TPSA) is 53.5 Å². The number of hydrogen-bond donors (Lipinski definition) is 0. The Morgan fingerprint density at radius 2 is 2.29 bits per heavy atom. The number of piperidine rings is 1. The minimum atomic E-state index is -3.28. The molecule has 96 valence electrons. The number of thiazole rings is 1. The molecule has 1 atom stereocenters. The second-order valence-electron chi connectivity index (χ2n) is 4.36. The molecule has 0 unspecified atom stereocenters. The van der Waals surface area contributed by atoms with E-state index in [9.17, 15) is 8.42 Å². The van der Waals surface area contributed by atoms with Crippen LogP contribution in [0.4, 0.5) is 0 Å². The van der Waals surface area contributed by atoms with E-state index in [0.717, 1.165) is 17.8 Å². The van der Waals surface area contributed by atoms with Crippen molar-refractivity contribution in [1.29, 1.82) is 0 Å². The summed E-state index contributed by atoms with van der Waals surface area (Å²) in [6.45, 7) is 1.16. The summed E-state index contributed by atoms with van der Waals surface area (Å²) in [6.07, 6.45) is 3.70. The normalized spacial score (nSPS) is 23.1. The SMILES string of the molecule is CN(C)S(=O)(=O)N1CCC[C@@H](c2nccs2)C1. The van der Waals surface area contributed by atoms with Crippen molar-refractivity contribution in [2.45, 2.75) is 18.8 Å². The summed E-state index contributed by atoms with van der Waals surface area (Å²) < 4.78 is 26.9. The van der Waals surface area contributed by atoms with E-state index in [1.165, 1.54) is 4.31 Å². The Kier molecular flexibility index (Phi) is 3.82. The first-order valence-electron chi connectivity index (χ1n) is 5.59. The largest absolute Gasteiger partial charge is 0.281 e. The van der Waals surface area contributed by atoms with Crippen LogP contribution in [0.5, 0.6) is 0 Å². The Morgan fingerprint density at radius 3 is 2.88 bits per heavy atom. The average Bonchev–Trinajstić information content (AvgIpc) is 2.82. The molecule has 1 aromatic heterocycles. The van der Waals surface area contributed by atoms with Crippen LogP contribution in [0.3, 0.4) is 0 Å². The highest BCUT2D eigenvalue weighted by atomic mass is 32.2. The van der Waals surface area contributed by atoms with Crippen molar-refractivity contribution >= 4 is 21.5 Å². The van der Waals surface area contributed by atoms with Crippen LogP contribution in [-0.4, -0.2) is 49.2 Å². The molecular formula is C10H17N3O2S2. The summed E-state index contributed by atoms with van der Waals surface area (Å²) in [4.78, 5) is 4.28. The molecule has 0 bridgehead atoms. The molecule has 5 nitrogen and oxygen atoms in total. The zero-order valence-electron chi connectivity index (χ0n) is 10.0. The maximum atomic E-state index is 12.0. The van der Waals surface area contributed by atoms with E-state index in [1.807, 2.05) is 5.38 Å². The summed E-state index contributed by atoms with van der Waals surface area (Å²) in [7, 11) is -0.137. The highest BCUT2D eigenvalue weighted by Gasteiger charge is 2.31. The molecule has 17 heavy (non-hydrogen) atoms. The summed E-state index contributed by atoms with van der Waals surface area (Å²) in [6, 6.07) is 0. The van der Waals surface area contributed by atoms with Gasteiger partial charge in [0.15, 0.2) is 0 Å². The first-order chi connectivity index (χ1) is 8.01. The Hall–Kier alpha value is -0.500. The molecule has 1 aromatic rings. The third kappa shape index (κ3) is 2.67. The van der Waals surface area contributed by atoms with Crippen LogP contribution in [0.15, 0.2) is 11.6 Å². The molecule has 2 rings (SSSR count). The monoisotopic (exact) mass is 275 g/mol. The molecule has 1 aliphatic rings. The lowest BCUT2D eigenvalue weighted by Crippen LogP contribution is -2.44. The smallest absolute Gasteiger partial charge is 0.249 e. The molecule has 1 saturated heterocycles. The van der Waals surface area contributed by atoms with Gasteiger partial charge in [0.2, 0.25) is 0 Å². The van der Waals surface area contributed by atoms with E-state index >= 15 is 0 Å². The first-order valence-corrected chi connectivity index (χ1v) is 7.86. The van der Waals surface area contributed by atoms with Crippen molar-refractivity contribution in [3.63, 3.8) is 0 Å². The van der Waals surface area contributed by atoms with E-state index in [1.54, 1.807) is 35.9 Å². The standard InChI is InChI=1S/C10H17N3O2S2/c1-12(2)17(14,15)13-6-3-4-9(8-13)10-11-5-7-16-10/h5,7,9H,3-4,6,8H2,1-2H3/t9-/m1/s1. The van der Waals surface area contributed by atoms with Crippen LogP contribution >= 0.6 is 11.3 Å². The zero-order chi connectivity index (χ0) is 12.5. The lowest BCUT2D eigenvalue weighted by molar-refractivity contribution is 0.298. The number of rotatable bonds is 3. The van der Waals surface area contributed by atoms with Gasteiger partial charge in [-0.2, -0.15) is 17.0 Å². The fourth-order valence-electron chi connectivity index (χ4n) is 2.02. The molecular weight excluding hydrogens is 258 g/mol. The summed E-state index contributed by atoms with van der Waals surface area (Å²) in [5.74, 6) is 0.249. The molecule has 1 fully saturated rings. The van der Waals surface area contributed by atoms with E-state index < -0.39 is 10.2 Å². The van der Waals surface area contributed by atoms with Gasteiger partial charge in [0.05, 0.1) is 5.01 Å². The van der Waals surface area contributed by atoms with Crippen LogP contribution in [0.2, 0.25) is 0 Å². The summed E-state index contributed by atoms with van der Waals surface area (Å²) in [5, 5.41) is 2.98. The molecule has 0 spiro atoms. The Balaban J connectivity index is 2.13. The van der Waals surface area contributed by atoms with Crippen molar-refractivity contribution in [3.8, 4) is 0 Å². The number of hydrogen-bond acceptors (Lipinski definition) is 4. The fraction of sp³-hybridized carbons (Fsp3) is 0.700. The second kappa shape index (κ2) is 5.01. The Bertz CT molecular complexity index is 456. The highest BCUT2D eigenvalue weighted by Crippen LogP contribution is 2.29. The second-order valence-corrected chi connectivity index (χ2v) is 7.43. The predicted molar refractivity (Wildman–Crippen MR) is 68.3 cm³/mol. The molecule has 0 aliphatic carbocycles. The van der Waals surface area contributed by atoms with Gasteiger partial charge in [0.25, 0.3) is 10.2 Å². The van der Waals surface area contributed by atoms with Crippen LogP contribution in [0.25, 0.3) is 0 Å². The molecule has 0 aromatic carbocycles. The lowest BCUT2D eigenvalue weighted by atomic mass is 10.0. The lowest BCUT2D eigenvalue weighted by Gasteiger charge is -2.32. The van der Waals surface area contributed by atoms with Gasteiger partial charge in [-0.3, -0.25) is 0 Å². The fourth-order valence-corrected chi connectivity index (χ4v) is 3.98. The van der Waals surface area contributed by atoms with Gasteiger partial charge in [-0.05, 0) is 12.8 Å². The maximum absolute atomic E-state index is 12.0. The van der Waals surface area contributed by atoms with Gasteiger partial charge in [-0.15, -0.1) is 11.3 Å².